The fourth-order valence-electron chi connectivity index (χ4n) is 2.67. The lowest BCUT2D eigenvalue weighted by molar-refractivity contribution is -0.120. The molecular weight excluding hydrogens is 412 g/mol. The Balaban J connectivity index is 1.58. The van der Waals surface area contributed by atoms with E-state index >= 15 is 0 Å². The number of nitrogens with zero attached hydrogens (tertiary/aromatic N) is 1. The summed E-state index contributed by atoms with van der Waals surface area (Å²) in [6, 6.07) is 10.7. The molecule has 0 spiro atoms. The molecule has 0 radical (unpaired) electrons. The number of anilines is 1. The van der Waals surface area contributed by atoms with Crippen molar-refractivity contribution in [3.8, 4) is 0 Å². The summed E-state index contributed by atoms with van der Waals surface area (Å²) in [7, 11) is -3.42. The monoisotopic (exact) mass is 428 g/mol. The summed E-state index contributed by atoms with van der Waals surface area (Å²) in [5.74, 6) is -0.214. The topological polar surface area (TPSA) is 66.5 Å². The summed E-state index contributed by atoms with van der Waals surface area (Å²) in [6.07, 6.45) is 1.07. The number of thiophene rings is 1. The van der Waals surface area contributed by atoms with Crippen LogP contribution < -0.4 is 5.32 Å². The van der Waals surface area contributed by atoms with Crippen molar-refractivity contribution in [2.75, 3.05) is 18.4 Å². The van der Waals surface area contributed by atoms with Crippen LogP contribution in [0.3, 0.4) is 0 Å². The zero-order chi connectivity index (χ0) is 17.2. The summed E-state index contributed by atoms with van der Waals surface area (Å²) in [5.41, 5.74) is 0.747. The Morgan fingerprint density at radius 2 is 1.83 bits per heavy atom. The third-order valence-corrected chi connectivity index (χ3v) is 7.83. The Morgan fingerprint density at radius 1 is 1.17 bits per heavy atom. The lowest BCUT2D eigenvalue weighted by Gasteiger charge is -2.30. The quantitative estimate of drug-likeness (QED) is 0.809. The Labute approximate surface area is 153 Å². The maximum absolute atomic E-state index is 12.5. The molecule has 0 unspecified atom stereocenters. The van der Waals surface area contributed by atoms with Crippen LogP contribution in [0.5, 0.6) is 0 Å². The number of piperidine rings is 1. The average Bonchev–Trinajstić information content (AvgIpc) is 3.12. The first kappa shape index (κ1) is 17.6. The smallest absolute Gasteiger partial charge is 0.252 e. The van der Waals surface area contributed by atoms with E-state index in [0.29, 0.717) is 30.1 Å². The third-order valence-electron chi connectivity index (χ3n) is 4.03. The Morgan fingerprint density at radius 3 is 2.42 bits per heavy atom. The highest BCUT2D eigenvalue weighted by Gasteiger charge is 2.32. The van der Waals surface area contributed by atoms with Gasteiger partial charge in [-0.15, -0.1) is 11.3 Å². The van der Waals surface area contributed by atoms with Crippen LogP contribution in [0.25, 0.3) is 0 Å². The molecule has 0 atom stereocenters. The molecule has 1 saturated heterocycles. The number of amides is 1. The molecule has 1 N–H and O–H groups in total. The van der Waals surface area contributed by atoms with Crippen molar-refractivity contribution in [3.63, 3.8) is 0 Å². The van der Waals surface area contributed by atoms with E-state index in [1.165, 1.54) is 15.6 Å². The minimum absolute atomic E-state index is 0.0505. The Kier molecular flexibility index (Phi) is 5.39. The SMILES string of the molecule is O=C(Nc1ccc(Br)cc1)C1CCN(S(=O)(=O)c2cccs2)CC1. The highest BCUT2D eigenvalue weighted by atomic mass is 79.9. The number of hydrogen-bond acceptors (Lipinski definition) is 4. The number of sulfonamides is 1. The van der Waals surface area contributed by atoms with Gasteiger partial charge in [-0.2, -0.15) is 4.31 Å². The predicted octanol–water partition coefficient (Wildman–Crippen LogP) is 3.55. The zero-order valence-electron chi connectivity index (χ0n) is 12.8. The van der Waals surface area contributed by atoms with Crippen molar-refractivity contribution in [1.82, 2.24) is 4.31 Å². The first-order valence-corrected chi connectivity index (χ1v) is 10.7. The molecule has 5 nitrogen and oxygen atoms in total. The molecule has 1 fully saturated rings. The van der Waals surface area contributed by atoms with Gasteiger partial charge in [0, 0.05) is 29.2 Å². The summed E-state index contributed by atoms with van der Waals surface area (Å²) >= 11 is 4.58. The molecule has 128 valence electrons. The van der Waals surface area contributed by atoms with Gasteiger partial charge in [0.05, 0.1) is 0 Å². The van der Waals surface area contributed by atoms with E-state index in [9.17, 15) is 13.2 Å². The van der Waals surface area contributed by atoms with Gasteiger partial charge < -0.3 is 5.32 Å². The van der Waals surface area contributed by atoms with Crippen LogP contribution >= 0.6 is 27.3 Å². The van der Waals surface area contributed by atoms with E-state index in [1.54, 1.807) is 17.5 Å². The second-order valence-electron chi connectivity index (χ2n) is 5.61. The van der Waals surface area contributed by atoms with Gasteiger partial charge in [-0.25, -0.2) is 8.42 Å². The van der Waals surface area contributed by atoms with Crippen LogP contribution in [0.4, 0.5) is 5.69 Å². The molecule has 1 aromatic carbocycles. The van der Waals surface area contributed by atoms with Gasteiger partial charge in [-0.3, -0.25) is 4.79 Å². The molecule has 24 heavy (non-hydrogen) atoms. The number of nitrogens with one attached hydrogen (secondary N) is 1. The molecule has 0 saturated carbocycles. The summed E-state index contributed by atoms with van der Waals surface area (Å²) in [5, 5.41) is 4.65. The number of rotatable bonds is 4. The molecule has 8 heteroatoms. The second kappa shape index (κ2) is 7.35. The van der Waals surface area contributed by atoms with Crippen LogP contribution in [0.1, 0.15) is 12.8 Å². The lowest BCUT2D eigenvalue weighted by Crippen LogP contribution is -2.41. The molecular formula is C16H17BrN2O3S2. The standard InChI is InChI=1S/C16H17BrN2O3S2/c17-13-3-5-14(6-4-13)18-16(20)12-7-9-19(10-8-12)24(21,22)15-2-1-11-23-15/h1-6,11-12H,7-10H2,(H,18,20). The molecule has 1 aromatic heterocycles. The van der Waals surface area contributed by atoms with Gasteiger partial charge >= 0.3 is 0 Å². The summed E-state index contributed by atoms with van der Waals surface area (Å²) in [6.45, 7) is 0.747. The first-order chi connectivity index (χ1) is 11.5. The minimum atomic E-state index is -3.42. The van der Waals surface area contributed by atoms with Crippen LogP contribution in [0, 0.1) is 5.92 Å². The minimum Gasteiger partial charge on any atom is -0.326 e. The van der Waals surface area contributed by atoms with E-state index in [4.69, 9.17) is 0 Å². The van der Waals surface area contributed by atoms with Crippen molar-refractivity contribution in [2.24, 2.45) is 5.92 Å². The molecule has 2 heterocycles. The van der Waals surface area contributed by atoms with Crippen LogP contribution in [-0.4, -0.2) is 31.7 Å². The van der Waals surface area contributed by atoms with Gasteiger partial charge in [0.1, 0.15) is 4.21 Å². The van der Waals surface area contributed by atoms with Gasteiger partial charge in [0.15, 0.2) is 0 Å². The molecule has 2 aromatic rings. The Hall–Kier alpha value is -1.22. The molecule has 0 aliphatic carbocycles. The number of carbonyl (C=O) groups excluding carboxylic acids is 1. The third kappa shape index (κ3) is 3.88. The second-order valence-corrected chi connectivity index (χ2v) is 9.63. The van der Waals surface area contributed by atoms with E-state index in [2.05, 4.69) is 21.2 Å². The van der Waals surface area contributed by atoms with Crippen LogP contribution in [-0.2, 0) is 14.8 Å². The molecule has 0 bridgehead atoms. The molecule has 1 aliphatic rings. The number of carbonyl (C=O) groups is 1. The molecule has 1 aliphatic heterocycles. The zero-order valence-corrected chi connectivity index (χ0v) is 16.0. The maximum atomic E-state index is 12.5. The van der Waals surface area contributed by atoms with E-state index in [-0.39, 0.29) is 11.8 Å². The van der Waals surface area contributed by atoms with Gasteiger partial charge in [0.2, 0.25) is 5.91 Å². The van der Waals surface area contributed by atoms with Crippen LogP contribution in [0.15, 0.2) is 50.5 Å². The number of benzene rings is 1. The normalized spacial score (nSPS) is 16.9. The first-order valence-electron chi connectivity index (χ1n) is 7.57. The lowest BCUT2D eigenvalue weighted by atomic mass is 9.97. The van der Waals surface area contributed by atoms with Crippen molar-refractivity contribution in [3.05, 3.63) is 46.3 Å². The van der Waals surface area contributed by atoms with Gasteiger partial charge in [-0.1, -0.05) is 22.0 Å². The fourth-order valence-corrected chi connectivity index (χ4v) is 5.55. The summed E-state index contributed by atoms with van der Waals surface area (Å²) < 4.78 is 27.7. The highest BCUT2D eigenvalue weighted by Crippen LogP contribution is 2.27. The van der Waals surface area contributed by atoms with E-state index in [0.717, 1.165) is 10.2 Å². The van der Waals surface area contributed by atoms with Crippen LogP contribution in [0.2, 0.25) is 0 Å². The van der Waals surface area contributed by atoms with Crippen molar-refractivity contribution >= 4 is 48.9 Å². The van der Waals surface area contributed by atoms with E-state index in [1.807, 2.05) is 24.3 Å². The van der Waals surface area contributed by atoms with Crippen molar-refractivity contribution in [2.45, 2.75) is 17.1 Å². The van der Waals surface area contributed by atoms with Gasteiger partial charge in [-0.05, 0) is 48.6 Å². The number of halogens is 1. The maximum Gasteiger partial charge on any atom is 0.252 e. The Bertz CT molecular complexity index is 796. The largest absolute Gasteiger partial charge is 0.326 e. The van der Waals surface area contributed by atoms with Crippen molar-refractivity contribution < 1.29 is 13.2 Å². The summed E-state index contributed by atoms with van der Waals surface area (Å²) in [4.78, 5) is 12.3. The van der Waals surface area contributed by atoms with E-state index < -0.39 is 10.0 Å². The number of hydrogen-bond donors (Lipinski definition) is 1. The predicted molar refractivity (Wildman–Crippen MR) is 98.6 cm³/mol. The highest BCUT2D eigenvalue weighted by molar-refractivity contribution is 9.10. The average molecular weight is 429 g/mol. The fraction of sp³-hybridized carbons (Fsp3) is 0.312. The molecule has 3 rings (SSSR count). The van der Waals surface area contributed by atoms with Gasteiger partial charge in [0.25, 0.3) is 10.0 Å². The molecule has 1 amide bonds. The van der Waals surface area contributed by atoms with Crippen molar-refractivity contribution in [1.29, 1.82) is 0 Å².